The average molecular weight is 434 g/mol. The molecule has 168 valence electrons. The summed E-state index contributed by atoms with van der Waals surface area (Å²) < 4.78 is 11.3. The molecule has 32 heavy (non-hydrogen) atoms. The third-order valence-corrected chi connectivity index (χ3v) is 6.51. The fourth-order valence-electron chi connectivity index (χ4n) is 4.70. The lowest BCUT2D eigenvalue weighted by atomic mass is 10.0. The Morgan fingerprint density at radius 3 is 2.69 bits per heavy atom. The van der Waals surface area contributed by atoms with Crippen LogP contribution in [0, 0.1) is 0 Å². The number of benzene rings is 2. The van der Waals surface area contributed by atoms with Crippen molar-refractivity contribution < 1.29 is 14.3 Å². The van der Waals surface area contributed by atoms with Crippen LogP contribution in [0.15, 0.2) is 48.5 Å². The Labute approximate surface area is 189 Å². The van der Waals surface area contributed by atoms with Crippen molar-refractivity contribution in [1.82, 2.24) is 14.8 Å². The van der Waals surface area contributed by atoms with E-state index in [1.165, 1.54) is 16.6 Å². The molecule has 0 atom stereocenters. The number of carbonyl (C=O) groups excluding carboxylic acids is 1. The van der Waals surface area contributed by atoms with Crippen molar-refractivity contribution in [1.29, 1.82) is 0 Å². The Balaban J connectivity index is 1.10. The Morgan fingerprint density at radius 2 is 1.84 bits per heavy atom. The maximum Gasteiger partial charge on any atom is 0.227 e. The van der Waals surface area contributed by atoms with E-state index in [1.54, 1.807) is 0 Å². The third-order valence-electron chi connectivity index (χ3n) is 6.51. The van der Waals surface area contributed by atoms with Crippen molar-refractivity contribution in [3.8, 4) is 5.75 Å². The van der Waals surface area contributed by atoms with Gasteiger partial charge in [0.1, 0.15) is 5.75 Å². The largest absolute Gasteiger partial charge is 0.494 e. The maximum atomic E-state index is 12.9. The molecule has 3 aromatic rings. The van der Waals surface area contributed by atoms with Crippen molar-refractivity contribution >= 4 is 16.8 Å². The number of aromatic amines is 1. The zero-order valence-electron chi connectivity index (χ0n) is 18.5. The van der Waals surface area contributed by atoms with Crippen LogP contribution in [0.25, 0.3) is 10.9 Å². The quantitative estimate of drug-likeness (QED) is 0.581. The predicted octanol–water partition coefficient (Wildman–Crippen LogP) is 3.40. The maximum absolute atomic E-state index is 12.9. The Morgan fingerprint density at radius 1 is 1.03 bits per heavy atom. The van der Waals surface area contributed by atoms with E-state index in [1.807, 2.05) is 35.2 Å². The van der Waals surface area contributed by atoms with Gasteiger partial charge in [0, 0.05) is 42.8 Å². The highest BCUT2D eigenvalue weighted by atomic mass is 16.5. The normalized spacial score (nSPS) is 16.8. The van der Waals surface area contributed by atoms with E-state index >= 15 is 0 Å². The Hall–Kier alpha value is -2.83. The molecule has 1 fully saturated rings. The van der Waals surface area contributed by atoms with Crippen LogP contribution in [-0.4, -0.2) is 66.7 Å². The molecule has 0 radical (unpaired) electrons. The van der Waals surface area contributed by atoms with Gasteiger partial charge in [-0.05, 0) is 42.2 Å². The molecule has 6 nitrogen and oxygen atoms in total. The van der Waals surface area contributed by atoms with Gasteiger partial charge >= 0.3 is 0 Å². The van der Waals surface area contributed by atoms with Gasteiger partial charge in [-0.2, -0.15) is 0 Å². The molecule has 2 aliphatic rings. The summed E-state index contributed by atoms with van der Waals surface area (Å²) in [5, 5.41) is 1.29. The summed E-state index contributed by atoms with van der Waals surface area (Å²) in [6, 6.07) is 16.4. The molecule has 6 heteroatoms. The third kappa shape index (κ3) is 4.81. The van der Waals surface area contributed by atoms with E-state index in [-0.39, 0.29) is 5.91 Å². The van der Waals surface area contributed by atoms with Gasteiger partial charge in [0.15, 0.2) is 0 Å². The van der Waals surface area contributed by atoms with Crippen LogP contribution >= 0.6 is 0 Å². The molecular formula is C26H31N3O3. The number of hydrogen-bond acceptors (Lipinski definition) is 4. The van der Waals surface area contributed by atoms with Crippen molar-refractivity contribution in [3.05, 3.63) is 65.4 Å². The first-order chi connectivity index (χ1) is 15.8. The molecule has 1 N–H and O–H groups in total. The standard InChI is InChI=1S/C26H31N3O3/c30-26(29-12-10-23-22-4-1-2-5-24(22)27-25(23)19-29)18-20-6-8-21(9-7-20)32-15-3-11-28-13-16-31-17-14-28/h1-2,4-9,27H,3,10-19H2. The zero-order valence-corrected chi connectivity index (χ0v) is 18.5. The smallest absolute Gasteiger partial charge is 0.227 e. The molecule has 0 aliphatic carbocycles. The molecule has 2 aliphatic heterocycles. The summed E-state index contributed by atoms with van der Waals surface area (Å²) in [6.07, 6.45) is 2.33. The SMILES string of the molecule is O=C(Cc1ccc(OCCCN2CCOCC2)cc1)N1CCc2c([nH]c3ccccc23)C1. The molecule has 5 rings (SSSR count). The fraction of sp³-hybridized carbons (Fsp3) is 0.423. The Bertz CT molecular complexity index is 1050. The topological polar surface area (TPSA) is 57.8 Å². The predicted molar refractivity (Wildman–Crippen MR) is 125 cm³/mol. The van der Waals surface area contributed by atoms with Gasteiger partial charge in [0.05, 0.1) is 32.8 Å². The monoisotopic (exact) mass is 433 g/mol. The summed E-state index contributed by atoms with van der Waals surface area (Å²) in [5.74, 6) is 1.04. The molecular weight excluding hydrogens is 402 g/mol. The summed E-state index contributed by atoms with van der Waals surface area (Å²) in [7, 11) is 0. The first-order valence-corrected chi connectivity index (χ1v) is 11.6. The summed E-state index contributed by atoms with van der Waals surface area (Å²) >= 11 is 0. The second-order valence-corrected chi connectivity index (χ2v) is 8.67. The highest BCUT2D eigenvalue weighted by Gasteiger charge is 2.23. The lowest BCUT2D eigenvalue weighted by molar-refractivity contribution is -0.131. The summed E-state index contributed by atoms with van der Waals surface area (Å²) in [5.41, 5.74) is 4.72. The van der Waals surface area contributed by atoms with E-state index in [4.69, 9.17) is 9.47 Å². The lowest BCUT2D eigenvalue weighted by Crippen LogP contribution is -2.37. The van der Waals surface area contributed by atoms with Crippen LogP contribution in [0.2, 0.25) is 0 Å². The number of ether oxygens (including phenoxy) is 2. The lowest BCUT2D eigenvalue weighted by Gasteiger charge is -2.27. The highest BCUT2D eigenvalue weighted by molar-refractivity contribution is 5.86. The molecule has 2 aromatic carbocycles. The number of morpholine rings is 1. The minimum absolute atomic E-state index is 0.175. The molecule has 1 amide bonds. The van der Waals surface area contributed by atoms with E-state index < -0.39 is 0 Å². The summed E-state index contributed by atoms with van der Waals surface area (Å²) in [6.45, 7) is 6.89. The first-order valence-electron chi connectivity index (χ1n) is 11.6. The van der Waals surface area contributed by atoms with E-state index in [2.05, 4.69) is 28.1 Å². The molecule has 0 unspecified atom stereocenters. The van der Waals surface area contributed by atoms with Crippen LogP contribution in [0.1, 0.15) is 23.2 Å². The van der Waals surface area contributed by atoms with Crippen molar-refractivity contribution in [2.45, 2.75) is 25.8 Å². The summed E-state index contributed by atoms with van der Waals surface area (Å²) in [4.78, 5) is 20.8. The minimum Gasteiger partial charge on any atom is -0.494 e. The molecule has 1 saturated heterocycles. The molecule has 0 bridgehead atoms. The number of amides is 1. The van der Waals surface area contributed by atoms with Crippen LogP contribution in [0.3, 0.4) is 0 Å². The average Bonchev–Trinajstić information content (AvgIpc) is 3.21. The number of carbonyl (C=O) groups is 1. The Kier molecular flexibility index (Phi) is 6.41. The molecule has 0 spiro atoms. The number of hydrogen-bond donors (Lipinski definition) is 1. The van der Waals surface area contributed by atoms with Crippen LogP contribution in [0.5, 0.6) is 5.75 Å². The number of rotatable bonds is 7. The van der Waals surface area contributed by atoms with Gasteiger partial charge in [0.2, 0.25) is 5.91 Å². The second kappa shape index (κ2) is 9.76. The minimum atomic E-state index is 0.175. The second-order valence-electron chi connectivity index (χ2n) is 8.67. The van der Waals surface area contributed by atoms with Crippen molar-refractivity contribution in [3.63, 3.8) is 0 Å². The van der Waals surface area contributed by atoms with Crippen LogP contribution in [-0.2, 0) is 28.9 Å². The van der Waals surface area contributed by atoms with E-state index in [9.17, 15) is 4.79 Å². The molecule has 0 saturated carbocycles. The van der Waals surface area contributed by atoms with Gasteiger partial charge < -0.3 is 19.4 Å². The van der Waals surface area contributed by atoms with Gasteiger partial charge in [-0.3, -0.25) is 9.69 Å². The zero-order chi connectivity index (χ0) is 21.8. The number of para-hydroxylation sites is 1. The van der Waals surface area contributed by atoms with E-state index in [0.717, 1.165) is 69.1 Å². The first kappa shape index (κ1) is 21.0. The number of fused-ring (bicyclic) bond motifs is 3. The van der Waals surface area contributed by atoms with E-state index in [0.29, 0.717) is 19.6 Å². The van der Waals surface area contributed by atoms with Gasteiger partial charge in [-0.25, -0.2) is 0 Å². The van der Waals surface area contributed by atoms with Gasteiger partial charge in [-0.1, -0.05) is 30.3 Å². The number of nitrogens with zero attached hydrogens (tertiary/aromatic N) is 2. The van der Waals surface area contributed by atoms with Gasteiger partial charge in [-0.15, -0.1) is 0 Å². The highest BCUT2D eigenvalue weighted by Crippen LogP contribution is 2.27. The van der Waals surface area contributed by atoms with Gasteiger partial charge in [0.25, 0.3) is 0 Å². The number of aromatic nitrogens is 1. The van der Waals surface area contributed by atoms with Crippen LogP contribution in [0.4, 0.5) is 0 Å². The van der Waals surface area contributed by atoms with Crippen LogP contribution < -0.4 is 4.74 Å². The molecule has 1 aromatic heterocycles. The number of nitrogens with one attached hydrogen (secondary N) is 1. The fourth-order valence-corrected chi connectivity index (χ4v) is 4.70. The van der Waals surface area contributed by atoms with Crippen molar-refractivity contribution in [2.75, 3.05) is 46.0 Å². The molecule has 3 heterocycles. The number of H-pyrrole nitrogens is 1. The van der Waals surface area contributed by atoms with Crippen molar-refractivity contribution in [2.24, 2.45) is 0 Å².